The first-order valence-electron chi connectivity index (χ1n) is 9.66. The summed E-state index contributed by atoms with van der Waals surface area (Å²) in [6.45, 7) is 6.74. The van der Waals surface area contributed by atoms with Crippen molar-refractivity contribution in [3.8, 4) is 0 Å². The molecule has 12 heteroatoms. The summed E-state index contributed by atoms with van der Waals surface area (Å²) in [6.07, 6.45) is -2.89. The van der Waals surface area contributed by atoms with Crippen LogP contribution in [-0.4, -0.2) is 49.4 Å². The van der Waals surface area contributed by atoms with Crippen molar-refractivity contribution >= 4 is 29.0 Å². The Balaban J connectivity index is 2.08. The zero-order valence-corrected chi connectivity index (χ0v) is 18.5. The fourth-order valence-electron chi connectivity index (χ4n) is 3.71. The molecule has 7 nitrogen and oxygen atoms in total. The van der Waals surface area contributed by atoms with E-state index in [0.717, 1.165) is 22.5 Å². The van der Waals surface area contributed by atoms with Crippen molar-refractivity contribution in [1.29, 1.82) is 0 Å². The van der Waals surface area contributed by atoms with Gasteiger partial charge in [0.2, 0.25) is 5.01 Å². The van der Waals surface area contributed by atoms with E-state index < -0.39 is 59.4 Å². The molecule has 2 unspecified atom stereocenters. The number of aromatic nitrogens is 2. The van der Waals surface area contributed by atoms with Gasteiger partial charge in [-0.05, 0) is 33.8 Å². The van der Waals surface area contributed by atoms with Gasteiger partial charge in [0.15, 0.2) is 0 Å². The summed E-state index contributed by atoms with van der Waals surface area (Å²) in [5.41, 5.74) is -1.96. The minimum Gasteiger partial charge on any atom is -0.476 e. The minimum absolute atomic E-state index is 0.0920. The van der Waals surface area contributed by atoms with Gasteiger partial charge in [0, 0.05) is 40.7 Å². The Morgan fingerprint density at radius 2 is 2.00 bits per heavy atom. The second kappa shape index (κ2) is 8.30. The zero-order valence-electron chi connectivity index (χ0n) is 17.7. The van der Waals surface area contributed by atoms with E-state index in [0.29, 0.717) is 11.3 Å². The average Bonchev–Trinajstić information content (AvgIpc) is 3.22. The predicted octanol–water partition coefficient (Wildman–Crippen LogP) is 5.00. The molecule has 3 rings (SSSR count). The van der Waals surface area contributed by atoms with Gasteiger partial charge in [0.25, 0.3) is 18.3 Å². The van der Waals surface area contributed by atoms with E-state index in [1.807, 2.05) is 0 Å². The summed E-state index contributed by atoms with van der Waals surface area (Å²) in [6, 6.07) is -1.99. The lowest BCUT2D eigenvalue weighted by Crippen LogP contribution is -2.39. The summed E-state index contributed by atoms with van der Waals surface area (Å²) in [4.78, 5) is 32.6. The molecule has 1 amide bonds. The largest absolute Gasteiger partial charge is 0.476 e. The molecule has 0 bridgehead atoms. The van der Waals surface area contributed by atoms with E-state index in [4.69, 9.17) is 5.11 Å². The number of amides is 1. The highest BCUT2D eigenvalue weighted by Crippen LogP contribution is 2.50. The number of nitrogens with one attached hydrogen (secondary N) is 1. The third-order valence-corrected chi connectivity index (χ3v) is 5.69. The van der Waals surface area contributed by atoms with E-state index in [1.54, 1.807) is 20.8 Å². The second-order valence-electron chi connectivity index (χ2n) is 8.65. The maximum Gasteiger partial charge on any atom is 0.365 e. The summed E-state index contributed by atoms with van der Waals surface area (Å²) in [5.74, 6) is -5.74. The molecule has 0 spiro atoms. The predicted molar refractivity (Wildman–Crippen MR) is 110 cm³/mol. The summed E-state index contributed by atoms with van der Waals surface area (Å²) in [5, 5.41) is 12.7. The van der Waals surface area contributed by atoms with Crippen LogP contribution in [0.4, 0.5) is 23.4 Å². The van der Waals surface area contributed by atoms with Crippen LogP contribution in [0.2, 0.25) is 0 Å². The van der Waals surface area contributed by atoms with E-state index in [-0.39, 0.29) is 16.5 Å². The quantitative estimate of drug-likeness (QED) is 0.593. The van der Waals surface area contributed by atoms with Crippen LogP contribution in [0.25, 0.3) is 0 Å². The molecule has 3 heterocycles. The molecule has 0 aromatic carbocycles. The monoisotopic (exact) mass is 474 g/mol. The highest BCUT2D eigenvalue weighted by Gasteiger charge is 2.56. The summed E-state index contributed by atoms with van der Waals surface area (Å²) < 4.78 is 57.9. The Kier molecular flexibility index (Phi) is 6.20. The van der Waals surface area contributed by atoms with Crippen molar-refractivity contribution < 1.29 is 32.3 Å². The molecule has 1 saturated heterocycles. The number of aromatic carboxylic acids is 1. The Hall–Kier alpha value is -2.76. The zero-order chi connectivity index (χ0) is 24.0. The second-order valence-corrected chi connectivity index (χ2v) is 9.50. The molecule has 2 atom stereocenters. The van der Waals surface area contributed by atoms with Crippen LogP contribution < -0.4 is 5.32 Å². The van der Waals surface area contributed by atoms with E-state index in [1.165, 1.54) is 6.92 Å². The third-order valence-electron chi connectivity index (χ3n) is 4.86. The maximum absolute atomic E-state index is 15.0. The highest BCUT2D eigenvalue weighted by atomic mass is 32.1. The van der Waals surface area contributed by atoms with Gasteiger partial charge in [-0.2, -0.15) is 0 Å². The molecule has 0 aliphatic carbocycles. The van der Waals surface area contributed by atoms with Crippen molar-refractivity contribution in [2.24, 2.45) is 0 Å². The first-order chi connectivity index (χ1) is 14.7. The van der Waals surface area contributed by atoms with Gasteiger partial charge in [-0.25, -0.2) is 32.3 Å². The van der Waals surface area contributed by atoms with Crippen molar-refractivity contribution in [3.05, 3.63) is 39.5 Å². The Bertz CT molecular complexity index is 1040. The first-order valence-corrected chi connectivity index (χ1v) is 10.5. The molecule has 32 heavy (non-hydrogen) atoms. The van der Waals surface area contributed by atoms with Crippen LogP contribution in [-0.2, 0) is 0 Å². The first kappa shape index (κ1) is 23.9. The lowest BCUT2D eigenvalue weighted by molar-refractivity contribution is -0.0320. The Labute approximate surface area is 185 Å². The van der Waals surface area contributed by atoms with Gasteiger partial charge in [0.05, 0.1) is 0 Å². The van der Waals surface area contributed by atoms with Gasteiger partial charge in [0.1, 0.15) is 17.6 Å². The molecular formula is C20H22F4N4O3S. The molecule has 1 aliphatic rings. The molecule has 2 aromatic rings. The highest BCUT2D eigenvalue weighted by molar-refractivity contribution is 7.11. The van der Waals surface area contributed by atoms with E-state index in [9.17, 15) is 18.4 Å². The summed E-state index contributed by atoms with van der Waals surface area (Å²) in [7, 11) is 0. The Morgan fingerprint density at radius 3 is 2.53 bits per heavy atom. The number of carbonyl (C=O) groups is 2. The van der Waals surface area contributed by atoms with Crippen molar-refractivity contribution in [2.45, 2.75) is 64.1 Å². The normalized spacial score (nSPS) is 20.6. The number of anilines is 1. The number of thiazole rings is 1. The number of carbonyl (C=O) groups excluding carboxylic acids is 1. The van der Waals surface area contributed by atoms with E-state index >= 15 is 8.78 Å². The lowest BCUT2D eigenvalue weighted by atomic mass is 9.97. The average molecular weight is 474 g/mol. The molecule has 2 N–H and O–H groups in total. The van der Waals surface area contributed by atoms with Crippen LogP contribution >= 0.6 is 11.3 Å². The molecule has 174 valence electrons. The van der Waals surface area contributed by atoms with Crippen molar-refractivity contribution in [2.75, 3.05) is 5.32 Å². The fourth-order valence-corrected chi connectivity index (χ4v) is 4.34. The van der Waals surface area contributed by atoms with Gasteiger partial charge >= 0.3 is 5.97 Å². The maximum atomic E-state index is 15.0. The number of pyridine rings is 1. The molecule has 1 fully saturated rings. The van der Waals surface area contributed by atoms with Crippen LogP contribution in [0.3, 0.4) is 0 Å². The smallest absolute Gasteiger partial charge is 0.365 e. The van der Waals surface area contributed by atoms with Crippen LogP contribution in [0.1, 0.15) is 78.0 Å². The number of hydrogen-bond acceptors (Lipinski definition) is 6. The van der Waals surface area contributed by atoms with Gasteiger partial charge in [-0.15, -0.1) is 11.3 Å². The number of nitrogens with zero attached hydrogens (tertiary/aromatic N) is 3. The van der Waals surface area contributed by atoms with Crippen LogP contribution in [0, 0.1) is 0 Å². The van der Waals surface area contributed by atoms with E-state index in [2.05, 4.69) is 15.3 Å². The number of likely N-dealkylation sites (tertiary alicyclic amines) is 1. The SMILES string of the molecule is CC1CC(F)(F)C(c2cnc(NC(C)(C)C)cc2C(F)F)N1C(=O)c1csc(C(=O)O)n1. The number of halogens is 4. The number of rotatable bonds is 5. The fraction of sp³-hybridized carbons (Fsp3) is 0.500. The Morgan fingerprint density at radius 1 is 1.34 bits per heavy atom. The number of carboxylic acids is 1. The standard InChI is InChI=1S/C20H22F4N4O3S/c1-9-6-20(23,24)14(28(9)17(29)12-8-32-16(26-12)18(30)31)11-7-25-13(27-19(2,3)4)5-10(11)15(21)22/h5,7-9,14-15H,6H2,1-4H3,(H,25,27)(H,30,31). The number of alkyl halides is 4. The molecular weight excluding hydrogens is 452 g/mol. The van der Waals surface area contributed by atoms with Crippen LogP contribution in [0.5, 0.6) is 0 Å². The van der Waals surface area contributed by atoms with Gasteiger partial charge in [-0.1, -0.05) is 0 Å². The lowest BCUT2D eigenvalue weighted by Gasteiger charge is -2.31. The van der Waals surface area contributed by atoms with Crippen molar-refractivity contribution in [1.82, 2.24) is 14.9 Å². The van der Waals surface area contributed by atoms with Crippen molar-refractivity contribution in [3.63, 3.8) is 0 Å². The molecule has 1 aliphatic heterocycles. The van der Waals surface area contributed by atoms with Gasteiger partial charge in [-0.3, -0.25) is 4.79 Å². The van der Waals surface area contributed by atoms with Gasteiger partial charge < -0.3 is 15.3 Å². The third kappa shape index (κ3) is 4.69. The topological polar surface area (TPSA) is 95.4 Å². The summed E-state index contributed by atoms with van der Waals surface area (Å²) >= 11 is 0.672. The minimum atomic E-state index is -3.51. The molecule has 0 radical (unpaired) electrons. The number of carboxylic acid groups (broad SMARTS) is 1. The molecule has 0 saturated carbocycles. The van der Waals surface area contributed by atoms with Crippen LogP contribution in [0.15, 0.2) is 17.6 Å². The molecule has 2 aromatic heterocycles. The number of hydrogen-bond donors (Lipinski definition) is 2.